The minimum atomic E-state index is -0.312. The van der Waals surface area contributed by atoms with Gasteiger partial charge in [0.1, 0.15) is 0 Å². The van der Waals surface area contributed by atoms with Gasteiger partial charge in [-0.25, -0.2) is 0 Å². The molecule has 0 aromatic rings. The van der Waals surface area contributed by atoms with Crippen LogP contribution in [0.4, 0.5) is 0 Å². The van der Waals surface area contributed by atoms with E-state index >= 15 is 0 Å². The summed E-state index contributed by atoms with van der Waals surface area (Å²) in [5.74, 6) is 0.214. The van der Waals surface area contributed by atoms with Gasteiger partial charge in [-0.2, -0.15) is 0 Å². The van der Waals surface area contributed by atoms with Crippen LogP contribution < -0.4 is 0 Å². The Kier molecular flexibility index (Phi) is 1.92. The summed E-state index contributed by atoms with van der Waals surface area (Å²) in [5.41, 5.74) is -0.312. The Morgan fingerprint density at radius 3 is 2.27 bits per heavy atom. The molecular formula is C8H16N2O. The predicted molar refractivity (Wildman–Crippen MR) is 44.3 cm³/mol. The number of hydrogen-bond acceptors (Lipinski definition) is 2. The van der Waals surface area contributed by atoms with Crippen LogP contribution in [0.3, 0.4) is 0 Å². The summed E-state index contributed by atoms with van der Waals surface area (Å²) in [6.45, 7) is 5.74. The second-order valence-electron chi connectivity index (χ2n) is 3.71. The van der Waals surface area contributed by atoms with Gasteiger partial charge in [-0.15, -0.1) is 0 Å². The number of hydrogen-bond donors (Lipinski definition) is 0. The predicted octanol–water partition coefficient (Wildman–Crippen LogP) is 0.169. The number of carbonyl (C=O) groups excluding carboxylic acids is 1. The summed E-state index contributed by atoms with van der Waals surface area (Å²) in [6, 6.07) is 0. The van der Waals surface area contributed by atoms with Crippen molar-refractivity contribution in [2.75, 3.05) is 27.2 Å². The zero-order valence-electron chi connectivity index (χ0n) is 7.72. The highest BCUT2D eigenvalue weighted by Crippen LogP contribution is 2.18. The molecule has 1 saturated heterocycles. The van der Waals surface area contributed by atoms with Gasteiger partial charge < -0.3 is 4.90 Å². The Bertz CT molecular complexity index is 177. The van der Waals surface area contributed by atoms with Gasteiger partial charge in [0.05, 0.1) is 5.54 Å². The third kappa shape index (κ3) is 1.25. The van der Waals surface area contributed by atoms with E-state index in [4.69, 9.17) is 0 Å². The lowest BCUT2D eigenvalue weighted by molar-refractivity contribution is -0.145. The zero-order chi connectivity index (χ0) is 8.65. The summed E-state index contributed by atoms with van der Waals surface area (Å²) in [7, 11) is 3.85. The minimum absolute atomic E-state index is 0.214. The van der Waals surface area contributed by atoms with E-state index in [0.29, 0.717) is 0 Å². The number of amides is 1. The summed E-state index contributed by atoms with van der Waals surface area (Å²) in [4.78, 5) is 15.4. The number of rotatable bonds is 0. The van der Waals surface area contributed by atoms with Crippen LogP contribution in [0.15, 0.2) is 0 Å². The molecule has 0 radical (unpaired) electrons. The van der Waals surface area contributed by atoms with Crippen molar-refractivity contribution in [3.8, 4) is 0 Å². The van der Waals surface area contributed by atoms with E-state index in [1.165, 1.54) is 0 Å². The SMILES string of the molecule is CN1CCN(C)C(C)(C)C1=O. The van der Waals surface area contributed by atoms with Crippen molar-refractivity contribution in [2.24, 2.45) is 0 Å². The van der Waals surface area contributed by atoms with E-state index in [-0.39, 0.29) is 11.4 Å². The van der Waals surface area contributed by atoms with Gasteiger partial charge in [0, 0.05) is 20.1 Å². The molecule has 0 N–H and O–H groups in total. The number of nitrogens with zero attached hydrogens (tertiary/aromatic N) is 2. The van der Waals surface area contributed by atoms with Crippen molar-refractivity contribution in [1.82, 2.24) is 9.80 Å². The second-order valence-corrected chi connectivity index (χ2v) is 3.71. The molecule has 1 heterocycles. The molecule has 0 unspecified atom stereocenters. The van der Waals surface area contributed by atoms with Crippen LogP contribution >= 0.6 is 0 Å². The van der Waals surface area contributed by atoms with Crippen molar-refractivity contribution < 1.29 is 4.79 Å². The third-order valence-corrected chi connectivity index (χ3v) is 2.60. The Hall–Kier alpha value is -0.570. The van der Waals surface area contributed by atoms with Crippen molar-refractivity contribution in [2.45, 2.75) is 19.4 Å². The molecule has 1 fully saturated rings. The molecule has 1 aliphatic heterocycles. The van der Waals surface area contributed by atoms with Crippen molar-refractivity contribution in [3.63, 3.8) is 0 Å². The zero-order valence-corrected chi connectivity index (χ0v) is 7.72. The van der Waals surface area contributed by atoms with Gasteiger partial charge in [-0.1, -0.05) is 0 Å². The maximum Gasteiger partial charge on any atom is 0.242 e. The topological polar surface area (TPSA) is 23.6 Å². The molecule has 0 atom stereocenters. The molecule has 1 rings (SSSR count). The number of likely N-dealkylation sites (N-methyl/N-ethyl adjacent to an activating group) is 2. The quantitative estimate of drug-likeness (QED) is 0.499. The first-order valence-electron chi connectivity index (χ1n) is 3.93. The first kappa shape index (κ1) is 8.53. The van der Waals surface area contributed by atoms with E-state index < -0.39 is 0 Å². The third-order valence-electron chi connectivity index (χ3n) is 2.60. The lowest BCUT2D eigenvalue weighted by Gasteiger charge is -2.42. The maximum absolute atomic E-state index is 11.5. The molecule has 1 amide bonds. The number of carbonyl (C=O) groups is 1. The molecule has 0 aliphatic carbocycles. The monoisotopic (exact) mass is 156 g/mol. The van der Waals surface area contributed by atoms with E-state index in [0.717, 1.165) is 13.1 Å². The van der Waals surface area contributed by atoms with Gasteiger partial charge in [-0.3, -0.25) is 9.69 Å². The molecule has 64 valence electrons. The van der Waals surface area contributed by atoms with Crippen molar-refractivity contribution in [1.29, 1.82) is 0 Å². The number of piperazine rings is 1. The largest absolute Gasteiger partial charge is 0.343 e. The maximum atomic E-state index is 11.5. The molecule has 11 heavy (non-hydrogen) atoms. The second kappa shape index (κ2) is 2.48. The molecule has 0 aromatic carbocycles. The van der Waals surface area contributed by atoms with Crippen LogP contribution in [0, 0.1) is 0 Å². The highest BCUT2D eigenvalue weighted by Gasteiger charge is 2.37. The molecule has 0 bridgehead atoms. The standard InChI is InChI=1S/C8H16N2O/c1-8(2)7(11)9(3)5-6-10(8)4/h5-6H2,1-4H3. The van der Waals surface area contributed by atoms with Crippen LogP contribution in [0.1, 0.15) is 13.8 Å². The first-order valence-corrected chi connectivity index (χ1v) is 3.93. The molecule has 1 aliphatic rings. The molecule has 0 aromatic heterocycles. The lowest BCUT2D eigenvalue weighted by Crippen LogP contribution is -2.60. The van der Waals surface area contributed by atoms with Crippen molar-refractivity contribution >= 4 is 5.91 Å². The summed E-state index contributed by atoms with van der Waals surface area (Å²) in [5, 5.41) is 0. The first-order chi connectivity index (χ1) is 4.96. The molecule has 3 heteroatoms. The van der Waals surface area contributed by atoms with Crippen LogP contribution in [-0.2, 0) is 4.79 Å². The van der Waals surface area contributed by atoms with Gasteiger partial charge >= 0.3 is 0 Å². The van der Waals surface area contributed by atoms with E-state index in [1.807, 2.05) is 27.9 Å². The summed E-state index contributed by atoms with van der Waals surface area (Å²) < 4.78 is 0. The fourth-order valence-electron chi connectivity index (χ4n) is 1.31. The Balaban J connectivity index is 2.81. The Labute approximate surface area is 68.0 Å². The minimum Gasteiger partial charge on any atom is -0.343 e. The van der Waals surface area contributed by atoms with Crippen LogP contribution in [-0.4, -0.2) is 48.4 Å². The van der Waals surface area contributed by atoms with Gasteiger partial charge in [0.15, 0.2) is 0 Å². The average molecular weight is 156 g/mol. The van der Waals surface area contributed by atoms with Crippen molar-refractivity contribution in [3.05, 3.63) is 0 Å². The van der Waals surface area contributed by atoms with Gasteiger partial charge in [0.25, 0.3) is 0 Å². The summed E-state index contributed by atoms with van der Waals surface area (Å²) in [6.07, 6.45) is 0. The van der Waals surface area contributed by atoms with Crippen LogP contribution in [0.5, 0.6) is 0 Å². The van der Waals surface area contributed by atoms with Gasteiger partial charge in [-0.05, 0) is 20.9 Å². The van der Waals surface area contributed by atoms with E-state index in [9.17, 15) is 4.79 Å². The van der Waals surface area contributed by atoms with E-state index in [1.54, 1.807) is 4.90 Å². The normalized spacial score (nSPS) is 25.8. The molecule has 3 nitrogen and oxygen atoms in total. The molecule has 0 spiro atoms. The lowest BCUT2D eigenvalue weighted by atomic mass is 9.99. The van der Waals surface area contributed by atoms with Gasteiger partial charge in [0.2, 0.25) is 5.91 Å². The fourth-order valence-corrected chi connectivity index (χ4v) is 1.31. The highest BCUT2D eigenvalue weighted by atomic mass is 16.2. The average Bonchev–Trinajstić information content (AvgIpc) is 1.95. The van der Waals surface area contributed by atoms with Crippen LogP contribution in [0.25, 0.3) is 0 Å². The molecular weight excluding hydrogens is 140 g/mol. The summed E-state index contributed by atoms with van der Waals surface area (Å²) >= 11 is 0. The molecule has 0 saturated carbocycles. The Morgan fingerprint density at radius 1 is 1.27 bits per heavy atom. The highest BCUT2D eigenvalue weighted by molar-refractivity contribution is 5.85. The smallest absolute Gasteiger partial charge is 0.242 e. The van der Waals surface area contributed by atoms with E-state index in [2.05, 4.69) is 4.90 Å². The van der Waals surface area contributed by atoms with Crippen LogP contribution in [0.2, 0.25) is 0 Å². The Morgan fingerprint density at radius 2 is 1.82 bits per heavy atom. The fraction of sp³-hybridized carbons (Fsp3) is 0.875.